The molecule has 2 heterocycles. The number of aromatic nitrogens is 1. The van der Waals surface area contributed by atoms with Crippen LogP contribution in [-0.2, 0) is 0 Å². The summed E-state index contributed by atoms with van der Waals surface area (Å²) < 4.78 is 0. The van der Waals surface area contributed by atoms with Crippen LogP contribution >= 0.6 is 22.7 Å². The fraction of sp³-hybridized carbons (Fsp3) is 0.222. The lowest BCUT2D eigenvalue weighted by Gasteiger charge is -1.91. The molecule has 0 aliphatic rings. The average molecular weight is 210 g/mol. The number of aryl methyl sites for hydroxylation is 2. The van der Waals surface area contributed by atoms with Crippen LogP contribution in [-0.4, -0.2) is 4.98 Å². The summed E-state index contributed by atoms with van der Waals surface area (Å²) in [5.41, 5.74) is 7.81. The topological polar surface area (TPSA) is 38.9 Å². The summed E-state index contributed by atoms with van der Waals surface area (Å²) in [6.07, 6.45) is 0. The van der Waals surface area contributed by atoms with Crippen molar-refractivity contribution in [3.05, 3.63) is 21.2 Å². The van der Waals surface area contributed by atoms with E-state index in [9.17, 15) is 0 Å². The van der Waals surface area contributed by atoms with E-state index >= 15 is 0 Å². The van der Waals surface area contributed by atoms with E-state index in [1.807, 2.05) is 5.38 Å². The molecule has 0 saturated carbocycles. The van der Waals surface area contributed by atoms with Crippen LogP contribution in [0.3, 0.4) is 0 Å². The molecule has 2 nitrogen and oxygen atoms in total. The third-order valence-electron chi connectivity index (χ3n) is 1.84. The quantitative estimate of drug-likeness (QED) is 0.785. The van der Waals surface area contributed by atoms with E-state index in [-0.39, 0.29) is 0 Å². The molecule has 0 aliphatic heterocycles. The number of nitrogen functional groups attached to an aromatic ring is 1. The lowest BCUT2D eigenvalue weighted by molar-refractivity contribution is 1.40. The van der Waals surface area contributed by atoms with Gasteiger partial charge in [0, 0.05) is 20.7 Å². The summed E-state index contributed by atoms with van der Waals surface area (Å²) in [7, 11) is 0. The third-order valence-corrected chi connectivity index (χ3v) is 3.48. The molecule has 0 aliphatic carbocycles. The van der Waals surface area contributed by atoms with Gasteiger partial charge in [-0.25, -0.2) is 4.98 Å². The molecule has 0 spiro atoms. The number of rotatable bonds is 1. The molecule has 2 N–H and O–H groups in total. The predicted octanol–water partition coefficient (Wildman–Crippen LogP) is 3.07. The van der Waals surface area contributed by atoms with Crippen LogP contribution in [0.1, 0.15) is 9.75 Å². The van der Waals surface area contributed by atoms with Crippen LogP contribution in [0.25, 0.3) is 11.3 Å². The largest absolute Gasteiger partial charge is 0.375 e. The molecule has 0 saturated heterocycles. The summed E-state index contributed by atoms with van der Waals surface area (Å²) in [4.78, 5) is 6.88. The number of anilines is 1. The summed E-state index contributed by atoms with van der Waals surface area (Å²) >= 11 is 3.29. The van der Waals surface area contributed by atoms with E-state index in [0.29, 0.717) is 5.13 Å². The Morgan fingerprint density at radius 3 is 2.62 bits per heavy atom. The van der Waals surface area contributed by atoms with E-state index in [0.717, 1.165) is 5.69 Å². The first-order valence-electron chi connectivity index (χ1n) is 3.95. The predicted molar refractivity (Wildman–Crippen MR) is 59.3 cm³/mol. The molecule has 0 atom stereocenters. The van der Waals surface area contributed by atoms with Crippen molar-refractivity contribution >= 4 is 27.8 Å². The second kappa shape index (κ2) is 3.12. The van der Waals surface area contributed by atoms with Crippen LogP contribution in [0.2, 0.25) is 0 Å². The van der Waals surface area contributed by atoms with Gasteiger partial charge in [-0.15, -0.1) is 22.7 Å². The molecule has 0 aromatic carbocycles. The van der Waals surface area contributed by atoms with Crippen molar-refractivity contribution in [2.75, 3.05) is 5.73 Å². The zero-order valence-corrected chi connectivity index (χ0v) is 9.13. The van der Waals surface area contributed by atoms with Crippen LogP contribution < -0.4 is 5.73 Å². The first-order chi connectivity index (χ1) is 6.16. The van der Waals surface area contributed by atoms with Crippen molar-refractivity contribution in [2.45, 2.75) is 13.8 Å². The Labute approximate surface area is 85.1 Å². The lowest BCUT2D eigenvalue weighted by atomic mass is 10.2. The van der Waals surface area contributed by atoms with Crippen molar-refractivity contribution < 1.29 is 0 Å². The highest BCUT2D eigenvalue weighted by atomic mass is 32.1. The standard InChI is InChI=1S/C9H10N2S2/c1-5-3-7(6(2)13-5)8-4-12-9(10)11-8/h3-4H,1-2H3,(H2,10,11). The second-order valence-corrected chi connectivity index (χ2v) is 5.25. The zero-order chi connectivity index (χ0) is 9.42. The number of hydrogen-bond acceptors (Lipinski definition) is 4. The van der Waals surface area contributed by atoms with Crippen molar-refractivity contribution in [3.8, 4) is 11.3 Å². The fourth-order valence-corrected chi connectivity index (χ4v) is 2.79. The minimum atomic E-state index is 0.637. The third kappa shape index (κ3) is 1.59. The maximum Gasteiger partial charge on any atom is 0.180 e. The molecule has 2 aromatic heterocycles. The maximum atomic E-state index is 5.58. The molecule has 2 aromatic rings. The van der Waals surface area contributed by atoms with Gasteiger partial charge in [-0.3, -0.25) is 0 Å². The highest BCUT2D eigenvalue weighted by Crippen LogP contribution is 2.31. The van der Waals surface area contributed by atoms with Crippen molar-refractivity contribution in [2.24, 2.45) is 0 Å². The smallest absolute Gasteiger partial charge is 0.180 e. The van der Waals surface area contributed by atoms with E-state index in [1.54, 1.807) is 11.3 Å². The summed E-state index contributed by atoms with van der Waals surface area (Å²) in [5.74, 6) is 0. The normalized spacial score (nSPS) is 10.6. The molecule has 0 fully saturated rings. The number of nitrogens with two attached hydrogens (primary N) is 1. The number of thiazole rings is 1. The van der Waals surface area contributed by atoms with Gasteiger partial charge in [0.25, 0.3) is 0 Å². The molecule has 0 radical (unpaired) electrons. The van der Waals surface area contributed by atoms with Crippen molar-refractivity contribution in [3.63, 3.8) is 0 Å². The van der Waals surface area contributed by atoms with E-state index in [4.69, 9.17) is 5.73 Å². The molecule has 4 heteroatoms. The monoisotopic (exact) mass is 210 g/mol. The Morgan fingerprint density at radius 1 is 1.38 bits per heavy atom. The summed E-state index contributed by atoms with van der Waals surface area (Å²) in [6, 6.07) is 2.16. The second-order valence-electron chi connectivity index (χ2n) is 2.90. The molecule has 2 rings (SSSR count). The minimum absolute atomic E-state index is 0.637. The molecular formula is C9H10N2S2. The van der Waals surface area contributed by atoms with Gasteiger partial charge in [0.1, 0.15) is 0 Å². The van der Waals surface area contributed by atoms with Crippen molar-refractivity contribution in [1.82, 2.24) is 4.98 Å². The van der Waals surface area contributed by atoms with E-state index in [2.05, 4.69) is 24.9 Å². The minimum Gasteiger partial charge on any atom is -0.375 e. The average Bonchev–Trinajstić information content (AvgIpc) is 2.58. The molecular weight excluding hydrogens is 200 g/mol. The van der Waals surface area contributed by atoms with Crippen molar-refractivity contribution in [1.29, 1.82) is 0 Å². The number of hydrogen-bond donors (Lipinski definition) is 1. The molecule has 13 heavy (non-hydrogen) atoms. The van der Waals surface area contributed by atoms with Gasteiger partial charge in [0.05, 0.1) is 5.69 Å². The highest BCUT2D eigenvalue weighted by molar-refractivity contribution is 7.14. The summed E-state index contributed by atoms with van der Waals surface area (Å²) in [5, 5.41) is 2.64. The zero-order valence-electron chi connectivity index (χ0n) is 7.50. The highest BCUT2D eigenvalue weighted by Gasteiger charge is 2.08. The van der Waals surface area contributed by atoms with E-state index in [1.165, 1.54) is 26.7 Å². The van der Waals surface area contributed by atoms with Gasteiger partial charge in [-0.2, -0.15) is 0 Å². The Hall–Kier alpha value is -0.870. The van der Waals surface area contributed by atoms with Gasteiger partial charge < -0.3 is 5.73 Å². The molecule has 68 valence electrons. The van der Waals surface area contributed by atoms with E-state index < -0.39 is 0 Å². The van der Waals surface area contributed by atoms with Crippen LogP contribution in [0.5, 0.6) is 0 Å². The van der Waals surface area contributed by atoms with Gasteiger partial charge >= 0.3 is 0 Å². The Balaban J connectivity index is 2.51. The SMILES string of the molecule is Cc1cc(-c2csc(N)n2)c(C)s1. The number of nitrogens with zero attached hydrogens (tertiary/aromatic N) is 1. The molecule has 0 unspecified atom stereocenters. The molecule has 0 amide bonds. The summed E-state index contributed by atoms with van der Waals surface area (Å²) in [6.45, 7) is 4.22. The fourth-order valence-electron chi connectivity index (χ4n) is 1.30. The first kappa shape index (κ1) is 8.72. The Kier molecular flexibility index (Phi) is 2.09. The van der Waals surface area contributed by atoms with Gasteiger partial charge in [-0.1, -0.05) is 0 Å². The van der Waals surface area contributed by atoms with Gasteiger partial charge in [-0.05, 0) is 19.9 Å². The van der Waals surface area contributed by atoms with Crippen LogP contribution in [0.4, 0.5) is 5.13 Å². The van der Waals surface area contributed by atoms with Gasteiger partial charge in [0.2, 0.25) is 0 Å². The maximum absolute atomic E-state index is 5.58. The first-order valence-corrected chi connectivity index (χ1v) is 5.65. The lowest BCUT2D eigenvalue weighted by Crippen LogP contribution is -1.82. The number of thiophene rings is 1. The van der Waals surface area contributed by atoms with Crippen LogP contribution in [0.15, 0.2) is 11.4 Å². The van der Waals surface area contributed by atoms with Gasteiger partial charge in [0.15, 0.2) is 5.13 Å². The van der Waals surface area contributed by atoms with Crippen LogP contribution in [0, 0.1) is 13.8 Å². The Bertz CT molecular complexity index is 429. The Morgan fingerprint density at radius 2 is 2.15 bits per heavy atom. The molecule has 0 bridgehead atoms.